The standard InChI is InChI=1S/C11H14N2O3/c1-14-4-5-15-6-7-16-11-8-10(9-12)2-3-13-11/h2-3,8H,4-7H2,1H3. The van der Waals surface area contributed by atoms with Crippen molar-refractivity contribution in [3.8, 4) is 11.9 Å². The zero-order valence-electron chi connectivity index (χ0n) is 9.18. The molecule has 1 aromatic rings. The number of ether oxygens (including phenoxy) is 3. The van der Waals surface area contributed by atoms with Crippen LogP contribution in [0, 0.1) is 11.3 Å². The highest BCUT2D eigenvalue weighted by Gasteiger charge is 1.97. The van der Waals surface area contributed by atoms with E-state index in [9.17, 15) is 0 Å². The smallest absolute Gasteiger partial charge is 0.214 e. The second-order valence-corrected chi connectivity index (χ2v) is 2.95. The van der Waals surface area contributed by atoms with Crippen LogP contribution >= 0.6 is 0 Å². The zero-order valence-corrected chi connectivity index (χ0v) is 9.18. The summed E-state index contributed by atoms with van der Waals surface area (Å²) in [5.41, 5.74) is 0.533. The SMILES string of the molecule is COCCOCCOc1cc(C#N)ccn1. The van der Waals surface area contributed by atoms with Crippen molar-refractivity contribution in [1.29, 1.82) is 5.26 Å². The fourth-order valence-corrected chi connectivity index (χ4v) is 1.01. The molecular weight excluding hydrogens is 208 g/mol. The fourth-order valence-electron chi connectivity index (χ4n) is 1.01. The monoisotopic (exact) mass is 222 g/mol. The minimum Gasteiger partial charge on any atom is -0.475 e. The summed E-state index contributed by atoms with van der Waals surface area (Å²) in [6.45, 7) is 2.00. The summed E-state index contributed by atoms with van der Waals surface area (Å²) in [6.07, 6.45) is 1.54. The first-order valence-corrected chi connectivity index (χ1v) is 4.92. The number of hydrogen-bond acceptors (Lipinski definition) is 5. The lowest BCUT2D eigenvalue weighted by Gasteiger charge is -2.05. The van der Waals surface area contributed by atoms with E-state index < -0.39 is 0 Å². The molecule has 0 unspecified atom stereocenters. The topological polar surface area (TPSA) is 64.4 Å². The lowest BCUT2D eigenvalue weighted by Crippen LogP contribution is -2.10. The fraction of sp³-hybridized carbons (Fsp3) is 0.455. The number of pyridine rings is 1. The third kappa shape index (κ3) is 4.73. The van der Waals surface area contributed by atoms with E-state index in [1.165, 1.54) is 0 Å². The summed E-state index contributed by atoms with van der Waals surface area (Å²) in [5.74, 6) is 0.439. The highest BCUT2D eigenvalue weighted by atomic mass is 16.5. The average Bonchev–Trinajstić information content (AvgIpc) is 2.34. The predicted octanol–water partition coefficient (Wildman–Crippen LogP) is 0.995. The Hall–Kier alpha value is -1.64. The van der Waals surface area contributed by atoms with Gasteiger partial charge in [-0.2, -0.15) is 5.26 Å². The van der Waals surface area contributed by atoms with Crippen LogP contribution in [0.4, 0.5) is 0 Å². The summed E-state index contributed by atoms with van der Waals surface area (Å²) in [7, 11) is 1.62. The molecule has 0 radical (unpaired) electrons. The molecule has 0 aliphatic rings. The second kappa shape index (κ2) is 7.63. The Morgan fingerprint density at radius 3 is 2.88 bits per heavy atom. The first-order valence-electron chi connectivity index (χ1n) is 4.92. The van der Waals surface area contributed by atoms with Gasteiger partial charge >= 0.3 is 0 Å². The van der Waals surface area contributed by atoms with E-state index >= 15 is 0 Å². The van der Waals surface area contributed by atoms with Gasteiger partial charge in [0, 0.05) is 19.4 Å². The summed E-state index contributed by atoms with van der Waals surface area (Å²) >= 11 is 0. The lowest BCUT2D eigenvalue weighted by atomic mass is 10.3. The molecule has 0 amide bonds. The molecular formula is C11H14N2O3. The van der Waals surface area contributed by atoms with Gasteiger partial charge in [-0.05, 0) is 6.07 Å². The van der Waals surface area contributed by atoms with Crippen LogP contribution in [0.2, 0.25) is 0 Å². The van der Waals surface area contributed by atoms with E-state index in [4.69, 9.17) is 19.5 Å². The van der Waals surface area contributed by atoms with Gasteiger partial charge in [0.05, 0.1) is 31.5 Å². The van der Waals surface area contributed by atoms with Crippen molar-refractivity contribution in [2.75, 3.05) is 33.5 Å². The summed E-state index contributed by atoms with van der Waals surface area (Å²) in [5, 5.41) is 8.66. The van der Waals surface area contributed by atoms with Crippen molar-refractivity contribution in [1.82, 2.24) is 4.98 Å². The van der Waals surface area contributed by atoms with E-state index in [-0.39, 0.29) is 0 Å². The van der Waals surface area contributed by atoms with Gasteiger partial charge in [-0.1, -0.05) is 0 Å². The minimum atomic E-state index is 0.408. The van der Waals surface area contributed by atoms with Crippen molar-refractivity contribution in [3.05, 3.63) is 23.9 Å². The Morgan fingerprint density at radius 2 is 2.12 bits per heavy atom. The van der Waals surface area contributed by atoms with Gasteiger partial charge in [-0.25, -0.2) is 4.98 Å². The average molecular weight is 222 g/mol. The van der Waals surface area contributed by atoms with Gasteiger partial charge in [0.15, 0.2) is 0 Å². The van der Waals surface area contributed by atoms with Crippen LogP contribution in [0.25, 0.3) is 0 Å². The molecule has 0 aromatic carbocycles. The second-order valence-electron chi connectivity index (χ2n) is 2.95. The van der Waals surface area contributed by atoms with Gasteiger partial charge in [-0.3, -0.25) is 0 Å². The van der Waals surface area contributed by atoms with E-state index in [1.807, 2.05) is 6.07 Å². The van der Waals surface area contributed by atoms with Crippen molar-refractivity contribution in [3.63, 3.8) is 0 Å². The molecule has 0 saturated carbocycles. The third-order valence-electron chi connectivity index (χ3n) is 1.77. The van der Waals surface area contributed by atoms with Crippen molar-refractivity contribution in [2.24, 2.45) is 0 Å². The Morgan fingerprint density at radius 1 is 1.31 bits per heavy atom. The van der Waals surface area contributed by atoms with E-state index in [0.717, 1.165) is 0 Å². The Kier molecular flexibility index (Phi) is 5.92. The van der Waals surface area contributed by atoms with E-state index in [1.54, 1.807) is 25.4 Å². The minimum absolute atomic E-state index is 0.408. The van der Waals surface area contributed by atoms with Crippen LogP contribution < -0.4 is 4.74 Å². The van der Waals surface area contributed by atoms with E-state index in [0.29, 0.717) is 37.9 Å². The maximum atomic E-state index is 8.66. The van der Waals surface area contributed by atoms with Crippen LogP contribution in [0.1, 0.15) is 5.56 Å². The highest BCUT2D eigenvalue weighted by Crippen LogP contribution is 2.07. The molecule has 1 aromatic heterocycles. The van der Waals surface area contributed by atoms with Gasteiger partial charge < -0.3 is 14.2 Å². The first-order chi connectivity index (χ1) is 7.86. The molecule has 0 aliphatic heterocycles. The number of hydrogen-bond donors (Lipinski definition) is 0. The van der Waals surface area contributed by atoms with Crippen LogP contribution in [-0.4, -0.2) is 38.5 Å². The van der Waals surface area contributed by atoms with Crippen LogP contribution in [0.3, 0.4) is 0 Å². The van der Waals surface area contributed by atoms with E-state index in [2.05, 4.69) is 4.98 Å². The molecule has 16 heavy (non-hydrogen) atoms. The summed E-state index contributed by atoms with van der Waals surface area (Å²) in [4.78, 5) is 3.97. The molecule has 0 saturated heterocycles. The number of methoxy groups -OCH3 is 1. The predicted molar refractivity (Wildman–Crippen MR) is 57.1 cm³/mol. The van der Waals surface area contributed by atoms with Crippen LogP contribution in [0.5, 0.6) is 5.88 Å². The molecule has 0 bridgehead atoms. The quantitative estimate of drug-likeness (QED) is 0.644. The highest BCUT2D eigenvalue weighted by molar-refractivity contribution is 5.31. The Labute approximate surface area is 94.6 Å². The maximum absolute atomic E-state index is 8.66. The molecule has 5 nitrogen and oxygen atoms in total. The lowest BCUT2D eigenvalue weighted by molar-refractivity contribution is 0.0537. The molecule has 0 fully saturated rings. The van der Waals surface area contributed by atoms with Gasteiger partial charge in [0.1, 0.15) is 6.61 Å². The summed E-state index contributed by atoms with van der Waals surface area (Å²) < 4.78 is 15.3. The molecule has 86 valence electrons. The number of rotatable bonds is 7. The number of aromatic nitrogens is 1. The van der Waals surface area contributed by atoms with Crippen molar-refractivity contribution in [2.45, 2.75) is 0 Å². The summed E-state index contributed by atoms with van der Waals surface area (Å²) in [6, 6.07) is 5.24. The third-order valence-corrected chi connectivity index (χ3v) is 1.77. The molecule has 1 heterocycles. The van der Waals surface area contributed by atoms with Crippen molar-refractivity contribution >= 4 is 0 Å². The number of nitriles is 1. The first kappa shape index (κ1) is 12.4. The molecule has 5 heteroatoms. The van der Waals surface area contributed by atoms with Gasteiger partial charge in [0.25, 0.3) is 0 Å². The molecule has 1 rings (SSSR count). The normalized spacial score (nSPS) is 9.75. The van der Waals surface area contributed by atoms with Crippen LogP contribution in [-0.2, 0) is 9.47 Å². The molecule has 0 aliphatic carbocycles. The Balaban J connectivity index is 2.19. The maximum Gasteiger partial charge on any atom is 0.214 e. The number of nitrogens with zero attached hydrogens (tertiary/aromatic N) is 2. The largest absolute Gasteiger partial charge is 0.475 e. The zero-order chi connectivity index (χ0) is 11.6. The van der Waals surface area contributed by atoms with Crippen LogP contribution in [0.15, 0.2) is 18.3 Å². The Bertz CT molecular complexity index is 349. The molecule has 0 spiro atoms. The van der Waals surface area contributed by atoms with Gasteiger partial charge in [0.2, 0.25) is 5.88 Å². The molecule has 0 N–H and O–H groups in total. The van der Waals surface area contributed by atoms with Gasteiger partial charge in [-0.15, -0.1) is 0 Å². The van der Waals surface area contributed by atoms with Crippen molar-refractivity contribution < 1.29 is 14.2 Å². The molecule has 0 atom stereocenters.